The summed E-state index contributed by atoms with van der Waals surface area (Å²) in [4.78, 5) is 20.0. The van der Waals surface area contributed by atoms with Crippen molar-refractivity contribution in [2.75, 3.05) is 44.0 Å². The number of anilines is 1. The molecule has 2 fully saturated rings. The quantitative estimate of drug-likeness (QED) is 0.413. The Hall–Kier alpha value is -3.35. The van der Waals surface area contributed by atoms with E-state index in [0.29, 0.717) is 32.1 Å². The Balaban J connectivity index is 1.48. The van der Waals surface area contributed by atoms with E-state index < -0.39 is 10.0 Å². The number of hydrogen-bond donors (Lipinski definition) is 1. The molecule has 0 radical (unpaired) electrons. The summed E-state index contributed by atoms with van der Waals surface area (Å²) in [5.74, 6) is 1.47. The third kappa shape index (κ3) is 4.36. The van der Waals surface area contributed by atoms with Crippen LogP contribution in [0.1, 0.15) is 30.8 Å². The molecule has 2 saturated heterocycles. The molecule has 4 aromatic rings. The van der Waals surface area contributed by atoms with Crippen molar-refractivity contribution in [2.45, 2.75) is 39.3 Å². The number of aromatic nitrogens is 6. The number of ether oxygens (including phenoxy) is 1. The van der Waals surface area contributed by atoms with Gasteiger partial charge in [0.2, 0.25) is 10.0 Å². The molecule has 4 aromatic heterocycles. The average Bonchev–Trinajstić information content (AvgIpc) is 3.62. The van der Waals surface area contributed by atoms with Crippen LogP contribution in [0.3, 0.4) is 0 Å². The van der Waals surface area contributed by atoms with Crippen LogP contribution < -0.4 is 4.90 Å². The number of rotatable bonds is 5. The third-order valence-corrected chi connectivity index (χ3v) is 8.87. The molecule has 0 aromatic carbocycles. The first-order valence-corrected chi connectivity index (χ1v) is 14.7. The first-order valence-electron chi connectivity index (χ1n) is 12.9. The maximum atomic E-state index is 12.1. The minimum atomic E-state index is -3.24. The smallest absolute Gasteiger partial charge is 0.211 e. The second-order valence-electron chi connectivity index (χ2n) is 10.2. The predicted octanol–water partition coefficient (Wildman–Crippen LogP) is 2.93. The summed E-state index contributed by atoms with van der Waals surface area (Å²) < 4.78 is 33.4. The number of aryl methyl sites for hydroxylation is 1. The van der Waals surface area contributed by atoms with E-state index in [4.69, 9.17) is 19.8 Å². The van der Waals surface area contributed by atoms with E-state index in [0.717, 1.165) is 58.0 Å². The number of nitrogens with one attached hydrogen (secondary N) is 1. The number of aromatic amines is 1. The molecule has 6 heterocycles. The van der Waals surface area contributed by atoms with Crippen molar-refractivity contribution in [3.63, 3.8) is 0 Å². The zero-order valence-electron chi connectivity index (χ0n) is 22.0. The highest BCUT2D eigenvalue weighted by molar-refractivity contribution is 7.88. The van der Waals surface area contributed by atoms with Crippen molar-refractivity contribution in [2.24, 2.45) is 0 Å². The van der Waals surface area contributed by atoms with E-state index in [1.165, 1.54) is 10.6 Å². The summed E-state index contributed by atoms with van der Waals surface area (Å²) in [6, 6.07) is 6.14. The normalized spacial score (nSPS) is 21.0. The Labute approximate surface area is 221 Å². The van der Waals surface area contributed by atoms with Gasteiger partial charge in [-0.2, -0.15) is 9.40 Å². The fraction of sp³-hybridized carbons (Fsp3) is 0.462. The number of hydrogen-bond acceptors (Lipinski definition) is 8. The van der Waals surface area contributed by atoms with Gasteiger partial charge in [0.1, 0.15) is 11.5 Å². The second-order valence-corrected chi connectivity index (χ2v) is 12.2. The Morgan fingerprint density at radius 2 is 2.00 bits per heavy atom. The molecule has 0 bridgehead atoms. The van der Waals surface area contributed by atoms with Crippen LogP contribution in [0.25, 0.3) is 33.7 Å². The van der Waals surface area contributed by atoms with Crippen molar-refractivity contribution < 1.29 is 13.2 Å². The van der Waals surface area contributed by atoms with Crippen LogP contribution in [0.5, 0.6) is 0 Å². The standard InChI is InChI=1S/C26H32N8O3S/c1-16-15-37-12-11-33(16)23-13-22(29-26(30-23)21-6-9-28-25-20(21)5-8-27-25)24-17(2)31-34(18(24)3)19-7-10-32(14-19)38(4,35)36/h5-6,8-9,13,16,19H,7,10-12,14-15H2,1-4H3,(H,27,28)/t16-,19?/m1/s1. The molecule has 12 heteroatoms. The molecule has 0 saturated carbocycles. The number of fused-ring (bicyclic) bond motifs is 1. The van der Waals surface area contributed by atoms with Gasteiger partial charge in [-0.3, -0.25) is 4.68 Å². The van der Waals surface area contributed by atoms with Gasteiger partial charge in [-0.15, -0.1) is 0 Å². The zero-order valence-corrected chi connectivity index (χ0v) is 22.9. The van der Waals surface area contributed by atoms with Crippen LogP contribution in [0.15, 0.2) is 30.6 Å². The fourth-order valence-corrected chi connectivity index (χ4v) is 6.53. The lowest BCUT2D eigenvalue weighted by atomic mass is 10.1. The molecule has 0 spiro atoms. The van der Waals surface area contributed by atoms with Gasteiger partial charge in [-0.1, -0.05) is 0 Å². The first-order chi connectivity index (χ1) is 18.2. The molecule has 0 amide bonds. The van der Waals surface area contributed by atoms with E-state index in [1.54, 1.807) is 6.20 Å². The van der Waals surface area contributed by atoms with Crippen molar-refractivity contribution in [1.82, 2.24) is 34.0 Å². The molecule has 0 aliphatic carbocycles. The number of nitrogens with zero attached hydrogens (tertiary/aromatic N) is 7. The Kier molecular flexibility index (Phi) is 6.20. The average molecular weight is 537 g/mol. The van der Waals surface area contributed by atoms with Crippen LogP contribution in [0, 0.1) is 13.8 Å². The SMILES string of the molecule is Cc1nn(C2CCN(S(C)(=O)=O)C2)c(C)c1-c1cc(N2CCOC[C@H]2C)nc(-c2ccnc3[nH]ccc23)n1. The highest BCUT2D eigenvalue weighted by Gasteiger charge is 2.32. The monoisotopic (exact) mass is 536 g/mol. The van der Waals surface area contributed by atoms with Gasteiger partial charge in [0.05, 0.1) is 42.9 Å². The highest BCUT2D eigenvalue weighted by atomic mass is 32.2. The lowest BCUT2D eigenvalue weighted by Gasteiger charge is -2.34. The summed E-state index contributed by atoms with van der Waals surface area (Å²) in [7, 11) is -3.24. The number of H-pyrrole nitrogens is 1. The van der Waals surface area contributed by atoms with E-state index in [1.807, 2.05) is 42.9 Å². The molecule has 1 unspecified atom stereocenters. The zero-order chi connectivity index (χ0) is 26.6. The molecule has 2 aliphatic rings. The van der Waals surface area contributed by atoms with Gasteiger partial charge >= 0.3 is 0 Å². The lowest BCUT2D eigenvalue weighted by molar-refractivity contribution is 0.0985. The minimum absolute atomic E-state index is 0.0168. The lowest BCUT2D eigenvalue weighted by Crippen LogP contribution is -2.44. The second kappa shape index (κ2) is 9.44. The molecule has 200 valence electrons. The summed E-state index contributed by atoms with van der Waals surface area (Å²) in [5, 5.41) is 5.83. The van der Waals surface area contributed by atoms with Crippen molar-refractivity contribution >= 4 is 26.9 Å². The Bertz CT molecular complexity index is 1610. The Morgan fingerprint density at radius 1 is 1.16 bits per heavy atom. The first kappa shape index (κ1) is 25.0. The molecular formula is C26H32N8O3S. The van der Waals surface area contributed by atoms with E-state index in [-0.39, 0.29) is 12.1 Å². The number of morpholine rings is 1. The predicted molar refractivity (Wildman–Crippen MR) is 146 cm³/mol. The van der Waals surface area contributed by atoms with Gasteiger partial charge < -0.3 is 14.6 Å². The Morgan fingerprint density at radius 3 is 2.76 bits per heavy atom. The molecule has 2 aliphatic heterocycles. The maximum absolute atomic E-state index is 12.1. The van der Waals surface area contributed by atoms with Crippen LogP contribution >= 0.6 is 0 Å². The summed E-state index contributed by atoms with van der Waals surface area (Å²) in [6.07, 6.45) is 5.63. The number of pyridine rings is 1. The molecule has 11 nitrogen and oxygen atoms in total. The molecular weight excluding hydrogens is 504 g/mol. The van der Waals surface area contributed by atoms with Gasteiger partial charge in [0, 0.05) is 60.3 Å². The summed E-state index contributed by atoms with van der Waals surface area (Å²) in [5.41, 5.74) is 5.26. The topological polar surface area (TPSA) is 122 Å². The van der Waals surface area contributed by atoms with Gasteiger partial charge in [0.15, 0.2) is 5.82 Å². The molecule has 38 heavy (non-hydrogen) atoms. The van der Waals surface area contributed by atoms with Crippen molar-refractivity contribution in [3.05, 3.63) is 42.0 Å². The highest BCUT2D eigenvalue weighted by Crippen LogP contribution is 2.35. The van der Waals surface area contributed by atoms with Crippen LogP contribution in [0.4, 0.5) is 5.82 Å². The summed E-state index contributed by atoms with van der Waals surface area (Å²) >= 11 is 0. The maximum Gasteiger partial charge on any atom is 0.211 e. The largest absolute Gasteiger partial charge is 0.377 e. The van der Waals surface area contributed by atoms with Gasteiger partial charge in [-0.05, 0) is 39.3 Å². The van der Waals surface area contributed by atoms with E-state index >= 15 is 0 Å². The number of sulfonamides is 1. The van der Waals surface area contributed by atoms with Gasteiger partial charge in [0.25, 0.3) is 0 Å². The third-order valence-electron chi connectivity index (χ3n) is 7.60. The van der Waals surface area contributed by atoms with Crippen molar-refractivity contribution in [3.8, 4) is 22.6 Å². The summed E-state index contributed by atoms with van der Waals surface area (Å²) in [6.45, 7) is 9.11. The van der Waals surface area contributed by atoms with E-state index in [2.05, 4.69) is 21.8 Å². The van der Waals surface area contributed by atoms with E-state index in [9.17, 15) is 8.42 Å². The van der Waals surface area contributed by atoms with Crippen LogP contribution in [-0.2, 0) is 14.8 Å². The fourth-order valence-electron chi connectivity index (χ4n) is 5.65. The molecule has 1 N–H and O–H groups in total. The van der Waals surface area contributed by atoms with Crippen molar-refractivity contribution in [1.29, 1.82) is 0 Å². The molecule has 6 rings (SSSR count). The van der Waals surface area contributed by atoms with Crippen LogP contribution in [0.2, 0.25) is 0 Å². The minimum Gasteiger partial charge on any atom is -0.377 e. The van der Waals surface area contributed by atoms with Gasteiger partial charge in [-0.25, -0.2) is 23.4 Å². The molecule has 2 atom stereocenters. The van der Waals surface area contributed by atoms with Crippen LogP contribution in [-0.4, -0.2) is 87.6 Å².